The third-order valence-electron chi connectivity index (χ3n) is 6.57. The number of hydrogen-bond acceptors (Lipinski definition) is 6. The maximum atomic E-state index is 12.9. The Morgan fingerprint density at radius 3 is 2.38 bits per heavy atom. The minimum absolute atomic E-state index is 0.309. The van der Waals surface area contributed by atoms with Crippen molar-refractivity contribution in [3.8, 4) is 6.07 Å². The third kappa shape index (κ3) is 4.81. The first-order valence-electron chi connectivity index (χ1n) is 12.0. The summed E-state index contributed by atoms with van der Waals surface area (Å²) in [5.41, 5.74) is 5.74. The van der Waals surface area contributed by atoms with Gasteiger partial charge in [0.15, 0.2) is 11.7 Å². The SMILES string of the molecule is CCCCNC(=O)C(C#N)c1nc2ccccc2nc1N1CCN(c2cccc(C)c2C)CC1. The van der Waals surface area contributed by atoms with Crippen LogP contribution in [0.1, 0.15) is 42.5 Å². The lowest BCUT2D eigenvalue weighted by atomic mass is 10.0. The minimum atomic E-state index is -0.999. The fourth-order valence-corrected chi connectivity index (χ4v) is 4.40. The molecule has 1 aromatic heterocycles. The maximum Gasteiger partial charge on any atom is 0.243 e. The number of carbonyl (C=O) groups excluding carboxylic acids is 1. The first-order chi connectivity index (χ1) is 16.5. The number of nitrogens with one attached hydrogen (secondary N) is 1. The first kappa shape index (κ1) is 23.5. The Hall–Kier alpha value is -3.66. The third-order valence-corrected chi connectivity index (χ3v) is 6.57. The van der Waals surface area contributed by atoms with Crippen molar-refractivity contribution in [3.05, 3.63) is 59.3 Å². The van der Waals surface area contributed by atoms with Gasteiger partial charge in [-0.1, -0.05) is 37.6 Å². The fourth-order valence-electron chi connectivity index (χ4n) is 4.40. The molecule has 7 heteroatoms. The molecule has 176 valence electrons. The number of anilines is 2. The number of nitrogens with zero attached hydrogens (tertiary/aromatic N) is 5. The number of piperazine rings is 1. The molecule has 0 aliphatic carbocycles. The van der Waals surface area contributed by atoms with E-state index in [1.807, 2.05) is 24.3 Å². The van der Waals surface area contributed by atoms with E-state index in [0.717, 1.165) is 44.5 Å². The molecule has 34 heavy (non-hydrogen) atoms. The van der Waals surface area contributed by atoms with Crippen molar-refractivity contribution in [1.29, 1.82) is 5.26 Å². The van der Waals surface area contributed by atoms with Gasteiger partial charge in [-0.25, -0.2) is 9.97 Å². The summed E-state index contributed by atoms with van der Waals surface area (Å²) in [5.74, 6) is -0.673. The van der Waals surface area contributed by atoms with Crippen molar-refractivity contribution in [2.45, 2.75) is 39.5 Å². The van der Waals surface area contributed by atoms with Gasteiger partial charge in [0.05, 0.1) is 17.1 Å². The Kier molecular flexibility index (Phi) is 7.27. The molecule has 3 aromatic rings. The molecule has 0 bridgehead atoms. The Balaban J connectivity index is 1.63. The monoisotopic (exact) mass is 456 g/mol. The molecular formula is C27H32N6O. The summed E-state index contributed by atoms with van der Waals surface area (Å²) < 4.78 is 0. The smallest absolute Gasteiger partial charge is 0.243 e. The van der Waals surface area contributed by atoms with Crippen molar-refractivity contribution >= 4 is 28.4 Å². The van der Waals surface area contributed by atoms with Crippen LogP contribution in [0.25, 0.3) is 11.0 Å². The van der Waals surface area contributed by atoms with E-state index < -0.39 is 5.92 Å². The van der Waals surface area contributed by atoms with E-state index in [4.69, 9.17) is 9.97 Å². The molecule has 1 saturated heterocycles. The van der Waals surface area contributed by atoms with E-state index in [2.05, 4.69) is 60.2 Å². The summed E-state index contributed by atoms with van der Waals surface area (Å²) in [6, 6.07) is 16.2. The highest BCUT2D eigenvalue weighted by atomic mass is 16.1. The van der Waals surface area contributed by atoms with Crippen LogP contribution < -0.4 is 15.1 Å². The van der Waals surface area contributed by atoms with Crippen LogP contribution in [-0.4, -0.2) is 48.6 Å². The average Bonchev–Trinajstić information content (AvgIpc) is 2.86. The second-order valence-electron chi connectivity index (χ2n) is 8.82. The summed E-state index contributed by atoms with van der Waals surface area (Å²) in [5, 5.41) is 12.8. The van der Waals surface area contributed by atoms with Gasteiger partial charge in [0.2, 0.25) is 5.91 Å². The molecule has 4 rings (SSSR count). The average molecular weight is 457 g/mol. The van der Waals surface area contributed by atoms with E-state index in [1.165, 1.54) is 16.8 Å². The quantitative estimate of drug-likeness (QED) is 0.539. The zero-order valence-corrected chi connectivity index (χ0v) is 20.2. The van der Waals surface area contributed by atoms with Gasteiger partial charge in [0, 0.05) is 38.4 Å². The largest absolute Gasteiger partial charge is 0.368 e. The normalized spacial score (nSPS) is 14.6. The number of hydrogen-bond donors (Lipinski definition) is 1. The van der Waals surface area contributed by atoms with Crippen LogP contribution in [-0.2, 0) is 4.79 Å². The lowest BCUT2D eigenvalue weighted by molar-refractivity contribution is -0.121. The minimum Gasteiger partial charge on any atom is -0.368 e. The van der Waals surface area contributed by atoms with E-state index in [1.54, 1.807) is 0 Å². The zero-order valence-electron chi connectivity index (χ0n) is 20.2. The van der Waals surface area contributed by atoms with Crippen LogP contribution in [0.15, 0.2) is 42.5 Å². The van der Waals surface area contributed by atoms with Gasteiger partial charge in [-0.15, -0.1) is 0 Å². The summed E-state index contributed by atoms with van der Waals surface area (Å²) in [4.78, 5) is 27.1. The number of aromatic nitrogens is 2. The van der Waals surface area contributed by atoms with Gasteiger partial charge in [0.25, 0.3) is 0 Å². The zero-order chi connectivity index (χ0) is 24.1. The lowest BCUT2D eigenvalue weighted by Gasteiger charge is -2.38. The predicted octanol–water partition coefficient (Wildman–Crippen LogP) is 4.10. The van der Waals surface area contributed by atoms with E-state index in [0.29, 0.717) is 23.6 Å². The molecule has 1 atom stereocenters. The summed E-state index contributed by atoms with van der Waals surface area (Å²) >= 11 is 0. The molecule has 1 unspecified atom stereocenters. The molecule has 0 saturated carbocycles. The van der Waals surface area contributed by atoms with Gasteiger partial charge in [-0.05, 0) is 49.6 Å². The predicted molar refractivity (Wildman–Crippen MR) is 136 cm³/mol. The van der Waals surface area contributed by atoms with Crippen LogP contribution in [0, 0.1) is 25.2 Å². The number of carbonyl (C=O) groups is 1. The Morgan fingerprint density at radius 1 is 1.03 bits per heavy atom. The maximum absolute atomic E-state index is 12.9. The number of para-hydroxylation sites is 2. The van der Waals surface area contributed by atoms with Gasteiger partial charge in [0.1, 0.15) is 5.69 Å². The number of benzene rings is 2. The summed E-state index contributed by atoms with van der Waals surface area (Å²) in [7, 11) is 0. The van der Waals surface area contributed by atoms with Gasteiger partial charge in [-0.3, -0.25) is 4.79 Å². The van der Waals surface area contributed by atoms with E-state index in [9.17, 15) is 10.1 Å². The van der Waals surface area contributed by atoms with Gasteiger partial charge < -0.3 is 15.1 Å². The van der Waals surface area contributed by atoms with Crippen LogP contribution in [0.2, 0.25) is 0 Å². The highest BCUT2D eigenvalue weighted by Crippen LogP contribution is 2.30. The van der Waals surface area contributed by atoms with Crippen molar-refractivity contribution in [1.82, 2.24) is 15.3 Å². The number of amides is 1. The molecule has 1 aliphatic heterocycles. The van der Waals surface area contributed by atoms with Crippen molar-refractivity contribution in [2.24, 2.45) is 0 Å². The lowest BCUT2D eigenvalue weighted by Crippen LogP contribution is -2.47. The first-order valence-corrected chi connectivity index (χ1v) is 12.0. The molecule has 1 N–H and O–H groups in total. The van der Waals surface area contributed by atoms with E-state index >= 15 is 0 Å². The number of fused-ring (bicyclic) bond motifs is 1. The number of rotatable bonds is 7. The Labute approximate surface area is 201 Å². The summed E-state index contributed by atoms with van der Waals surface area (Å²) in [6.45, 7) is 10.1. The number of nitriles is 1. The summed E-state index contributed by atoms with van der Waals surface area (Å²) in [6.07, 6.45) is 1.85. The molecular weight excluding hydrogens is 424 g/mol. The van der Waals surface area contributed by atoms with Crippen molar-refractivity contribution in [2.75, 3.05) is 42.5 Å². The standard InChI is InChI=1S/C27H32N6O/c1-4-5-13-29-27(34)21(18-28)25-26(31-23-11-7-6-10-22(23)30-25)33-16-14-32(15-17-33)24-12-8-9-19(2)20(24)3/h6-12,21H,4-5,13-17H2,1-3H3,(H,29,34). The number of aryl methyl sites for hydroxylation is 1. The highest BCUT2D eigenvalue weighted by molar-refractivity contribution is 5.88. The topological polar surface area (TPSA) is 85.1 Å². The molecule has 0 spiro atoms. The van der Waals surface area contributed by atoms with Gasteiger partial charge in [-0.2, -0.15) is 5.26 Å². The van der Waals surface area contributed by atoms with Crippen LogP contribution in [0.3, 0.4) is 0 Å². The van der Waals surface area contributed by atoms with Crippen molar-refractivity contribution < 1.29 is 4.79 Å². The van der Waals surface area contributed by atoms with Crippen LogP contribution in [0.5, 0.6) is 0 Å². The molecule has 2 heterocycles. The Bertz CT molecular complexity index is 1210. The highest BCUT2D eigenvalue weighted by Gasteiger charge is 2.30. The Morgan fingerprint density at radius 2 is 1.71 bits per heavy atom. The van der Waals surface area contributed by atoms with Crippen LogP contribution in [0.4, 0.5) is 11.5 Å². The van der Waals surface area contributed by atoms with Gasteiger partial charge >= 0.3 is 0 Å². The van der Waals surface area contributed by atoms with Crippen molar-refractivity contribution in [3.63, 3.8) is 0 Å². The second-order valence-corrected chi connectivity index (χ2v) is 8.82. The molecule has 1 amide bonds. The van der Waals surface area contributed by atoms with Crippen LogP contribution >= 0.6 is 0 Å². The molecule has 2 aromatic carbocycles. The number of unbranched alkanes of at least 4 members (excludes halogenated alkanes) is 1. The molecule has 0 radical (unpaired) electrons. The van der Waals surface area contributed by atoms with E-state index in [-0.39, 0.29) is 5.91 Å². The second kappa shape index (κ2) is 10.5. The molecule has 1 aliphatic rings. The fraction of sp³-hybridized carbons (Fsp3) is 0.407. The molecule has 1 fully saturated rings. The molecule has 7 nitrogen and oxygen atoms in total.